The summed E-state index contributed by atoms with van der Waals surface area (Å²) in [5.41, 5.74) is 1.62. The standard InChI is InChI=1S/C32H32FN5/c1-31(2,3)19-32(4,5)38-30(35-36-37-38)29(34-24-16-14-23(33)15-17-24)26-18-22-10-6-8-20-12-13-21-9-7-11-25(26)28(21)27(20)22/h6-18,29,34H,19H2,1-5H3. The summed E-state index contributed by atoms with van der Waals surface area (Å²) in [4.78, 5) is 0. The molecule has 0 spiro atoms. The molecule has 0 aliphatic heterocycles. The largest absolute Gasteiger partial charge is 0.371 e. The number of nitrogens with one attached hydrogen (secondary N) is 1. The van der Waals surface area contributed by atoms with Crippen molar-refractivity contribution >= 4 is 38.0 Å². The van der Waals surface area contributed by atoms with Gasteiger partial charge in [0.2, 0.25) is 0 Å². The Balaban J connectivity index is 1.61. The topological polar surface area (TPSA) is 55.6 Å². The van der Waals surface area contributed by atoms with E-state index in [0.717, 1.165) is 28.9 Å². The van der Waals surface area contributed by atoms with Crippen LogP contribution < -0.4 is 5.32 Å². The zero-order valence-corrected chi connectivity index (χ0v) is 22.5. The summed E-state index contributed by atoms with van der Waals surface area (Å²) in [6.45, 7) is 11.1. The molecule has 5 nitrogen and oxygen atoms in total. The van der Waals surface area contributed by atoms with Crippen LogP contribution in [0.15, 0.2) is 78.9 Å². The number of tetrazole rings is 1. The molecule has 0 saturated carbocycles. The van der Waals surface area contributed by atoms with E-state index in [1.54, 1.807) is 12.1 Å². The quantitative estimate of drug-likeness (QED) is 0.233. The van der Waals surface area contributed by atoms with Gasteiger partial charge in [-0.3, -0.25) is 0 Å². The van der Waals surface area contributed by atoms with E-state index in [2.05, 4.69) is 110 Å². The third-order valence-corrected chi connectivity index (χ3v) is 7.29. The van der Waals surface area contributed by atoms with Gasteiger partial charge in [-0.2, -0.15) is 0 Å². The van der Waals surface area contributed by atoms with Crippen LogP contribution >= 0.6 is 0 Å². The number of nitrogens with zero attached hydrogens (tertiary/aromatic N) is 4. The second-order valence-electron chi connectivity index (χ2n) is 12.1. The Morgan fingerprint density at radius 1 is 0.816 bits per heavy atom. The first-order valence-corrected chi connectivity index (χ1v) is 13.1. The minimum absolute atomic E-state index is 0.0802. The van der Waals surface area contributed by atoms with Gasteiger partial charge in [0.25, 0.3) is 0 Å². The van der Waals surface area contributed by atoms with Gasteiger partial charge in [-0.05, 0) is 104 Å². The van der Waals surface area contributed by atoms with Crippen LogP contribution in [0.25, 0.3) is 32.3 Å². The van der Waals surface area contributed by atoms with Crippen molar-refractivity contribution in [2.24, 2.45) is 5.41 Å². The average molecular weight is 506 g/mol. The molecule has 5 aromatic carbocycles. The summed E-state index contributed by atoms with van der Waals surface area (Å²) in [5, 5.41) is 24.1. The van der Waals surface area contributed by atoms with Crippen LogP contribution in [0.2, 0.25) is 0 Å². The van der Waals surface area contributed by atoms with Crippen LogP contribution in [0.4, 0.5) is 10.1 Å². The van der Waals surface area contributed by atoms with Gasteiger partial charge >= 0.3 is 0 Å². The molecule has 1 aromatic heterocycles. The maximum atomic E-state index is 13.8. The Hall–Kier alpha value is -4.06. The normalized spacial score (nSPS) is 13.5. The molecule has 0 radical (unpaired) electrons. The van der Waals surface area contributed by atoms with Crippen LogP contribution in [0.3, 0.4) is 0 Å². The lowest BCUT2D eigenvalue weighted by molar-refractivity contribution is 0.190. The van der Waals surface area contributed by atoms with Gasteiger partial charge in [-0.25, -0.2) is 9.07 Å². The van der Waals surface area contributed by atoms with Gasteiger partial charge < -0.3 is 5.32 Å². The van der Waals surface area contributed by atoms with Crippen molar-refractivity contribution in [1.29, 1.82) is 0 Å². The fourth-order valence-corrected chi connectivity index (χ4v) is 6.20. The summed E-state index contributed by atoms with van der Waals surface area (Å²) < 4.78 is 15.8. The molecule has 1 atom stereocenters. The minimum atomic E-state index is -0.371. The Bertz CT molecular complexity index is 1740. The predicted octanol–water partition coefficient (Wildman–Crippen LogP) is 8.08. The Morgan fingerprint density at radius 2 is 1.47 bits per heavy atom. The molecule has 1 heterocycles. The zero-order valence-electron chi connectivity index (χ0n) is 22.5. The van der Waals surface area contributed by atoms with E-state index < -0.39 is 0 Å². The predicted molar refractivity (Wildman–Crippen MR) is 153 cm³/mol. The lowest BCUT2D eigenvalue weighted by Gasteiger charge is -2.34. The number of anilines is 1. The molecule has 6 heteroatoms. The Labute approximate surface area is 222 Å². The van der Waals surface area contributed by atoms with E-state index >= 15 is 0 Å². The molecule has 38 heavy (non-hydrogen) atoms. The molecule has 1 unspecified atom stereocenters. The summed E-state index contributed by atoms with van der Waals surface area (Å²) in [6, 6.07) is 25.6. The van der Waals surface area contributed by atoms with Gasteiger partial charge in [0.1, 0.15) is 11.9 Å². The number of aromatic nitrogens is 4. The molecule has 0 saturated heterocycles. The van der Waals surface area contributed by atoms with E-state index in [1.807, 2.05) is 4.68 Å². The fraction of sp³-hybridized carbons (Fsp3) is 0.281. The highest BCUT2D eigenvalue weighted by molar-refractivity contribution is 6.23. The summed E-state index contributed by atoms with van der Waals surface area (Å²) in [5.74, 6) is 0.448. The van der Waals surface area contributed by atoms with Gasteiger partial charge in [-0.1, -0.05) is 69.3 Å². The average Bonchev–Trinajstić information content (AvgIpc) is 3.37. The van der Waals surface area contributed by atoms with E-state index in [4.69, 9.17) is 0 Å². The van der Waals surface area contributed by atoms with Gasteiger partial charge in [0.05, 0.1) is 5.54 Å². The fourth-order valence-electron chi connectivity index (χ4n) is 6.20. The molecule has 192 valence electrons. The zero-order chi connectivity index (χ0) is 26.7. The van der Waals surface area contributed by atoms with Crippen molar-refractivity contribution in [3.05, 3.63) is 96.1 Å². The van der Waals surface area contributed by atoms with Crippen LogP contribution in [0.1, 0.15) is 58.5 Å². The van der Waals surface area contributed by atoms with Crippen molar-refractivity contribution in [2.75, 3.05) is 5.32 Å². The summed E-state index contributed by atoms with van der Waals surface area (Å²) >= 11 is 0. The Kier molecular flexibility index (Phi) is 5.60. The maximum absolute atomic E-state index is 13.8. The van der Waals surface area contributed by atoms with E-state index in [0.29, 0.717) is 0 Å². The molecular formula is C32H32FN5. The van der Waals surface area contributed by atoms with E-state index in [9.17, 15) is 4.39 Å². The smallest absolute Gasteiger partial charge is 0.178 e. The third-order valence-electron chi connectivity index (χ3n) is 7.29. The number of halogens is 1. The molecule has 0 bridgehead atoms. The second kappa shape index (κ2) is 8.76. The lowest BCUT2D eigenvalue weighted by Crippen LogP contribution is -2.35. The number of hydrogen-bond acceptors (Lipinski definition) is 4. The highest BCUT2D eigenvalue weighted by atomic mass is 19.1. The van der Waals surface area contributed by atoms with Crippen molar-refractivity contribution < 1.29 is 4.39 Å². The van der Waals surface area contributed by atoms with Gasteiger partial charge in [0, 0.05) is 5.69 Å². The van der Waals surface area contributed by atoms with Crippen molar-refractivity contribution in [1.82, 2.24) is 20.2 Å². The Morgan fingerprint density at radius 3 is 2.18 bits per heavy atom. The molecular weight excluding hydrogens is 473 g/mol. The molecule has 0 aliphatic rings. The van der Waals surface area contributed by atoms with Crippen LogP contribution in [0, 0.1) is 11.2 Å². The van der Waals surface area contributed by atoms with Crippen LogP contribution in [-0.4, -0.2) is 20.2 Å². The number of benzene rings is 5. The molecule has 0 amide bonds. The van der Waals surface area contributed by atoms with Gasteiger partial charge in [0.15, 0.2) is 5.82 Å². The number of rotatable bonds is 6. The molecule has 6 rings (SSSR count). The van der Waals surface area contributed by atoms with Crippen molar-refractivity contribution in [3.63, 3.8) is 0 Å². The molecule has 0 fully saturated rings. The summed E-state index contributed by atoms with van der Waals surface area (Å²) in [6.07, 6.45) is 0.887. The minimum Gasteiger partial charge on any atom is -0.371 e. The molecule has 6 aromatic rings. The lowest BCUT2D eigenvalue weighted by atomic mass is 9.81. The van der Waals surface area contributed by atoms with Crippen molar-refractivity contribution in [2.45, 2.75) is 52.6 Å². The number of hydrogen-bond donors (Lipinski definition) is 1. The maximum Gasteiger partial charge on any atom is 0.178 e. The third kappa shape index (κ3) is 4.24. The van der Waals surface area contributed by atoms with E-state index in [1.165, 1.54) is 39.1 Å². The van der Waals surface area contributed by atoms with Crippen LogP contribution in [-0.2, 0) is 5.54 Å². The molecule has 1 N–H and O–H groups in total. The highest BCUT2D eigenvalue weighted by Crippen LogP contribution is 2.41. The monoisotopic (exact) mass is 505 g/mol. The van der Waals surface area contributed by atoms with Gasteiger partial charge in [-0.15, -0.1) is 5.10 Å². The SMILES string of the molecule is CC(C)(C)CC(C)(C)n1nnnc1C(Nc1ccc(F)cc1)c1cc2cccc3ccc4cccc1c4c32. The first-order valence-electron chi connectivity index (χ1n) is 13.1. The van der Waals surface area contributed by atoms with Crippen LogP contribution in [0.5, 0.6) is 0 Å². The second-order valence-corrected chi connectivity index (χ2v) is 12.1. The highest BCUT2D eigenvalue weighted by Gasteiger charge is 2.34. The van der Waals surface area contributed by atoms with Crippen molar-refractivity contribution in [3.8, 4) is 0 Å². The summed E-state index contributed by atoms with van der Waals surface area (Å²) in [7, 11) is 0. The van der Waals surface area contributed by atoms with E-state index in [-0.39, 0.29) is 22.8 Å². The first kappa shape index (κ1) is 24.3. The first-order chi connectivity index (χ1) is 18.1. The molecule has 0 aliphatic carbocycles.